The summed E-state index contributed by atoms with van der Waals surface area (Å²) in [6.07, 6.45) is 1.05. The number of benzene rings is 1. The second kappa shape index (κ2) is 7.49. The van der Waals surface area contributed by atoms with Gasteiger partial charge in [0.25, 0.3) is 0 Å². The van der Waals surface area contributed by atoms with Gasteiger partial charge in [0.05, 0.1) is 12.7 Å². The average Bonchev–Trinajstić information content (AvgIpc) is 2.43. The molecule has 20 heavy (non-hydrogen) atoms. The molecule has 0 bridgehead atoms. The van der Waals surface area contributed by atoms with Crippen LogP contribution < -0.4 is 10.5 Å². The first-order valence-corrected chi connectivity index (χ1v) is 6.69. The van der Waals surface area contributed by atoms with E-state index in [-0.39, 0.29) is 12.4 Å². The van der Waals surface area contributed by atoms with Crippen molar-refractivity contribution in [1.29, 1.82) is 5.26 Å². The molecule has 1 aliphatic heterocycles. The second-order valence-electron chi connectivity index (χ2n) is 5.31. The Morgan fingerprint density at radius 1 is 1.50 bits per heavy atom. The minimum atomic E-state index is 0. The van der Waals surface area contributed by atoms with Crippen LogP contribution in [-0.4, -0.2) is 31.1 Å². The summed E-state index contributed by atoms with van der Waals surface area (Å²) in [5.74, 6) is 1.19. The first-order valence-electron chi connectivity index (χ1n) is 6.69. The molecule has 0 amide bonds. The number of methoxy groups -OCH3 is 1. The van der Waals surface area contributed by atoms with E-state index in [1.54, 1.807) is 7.11 Å². The van der Waals surface area contributed by atoms with E-state index in [1.807, 2.05) is 18.2 Å². The lowest BCUT2D eigenvalue weighted by Crippen LogP contribution is -2.45. The molecule has 0 radical (unpaired) electrons. The molecule has 0 saturated carbocycles. The number of nitriles is 1. The number of hydrogen-bond donors (Lipinski definition) is 1. The smallest absolute Gasteiger partial charge is 0.136 e. The van der Waals surface area contributed by atoms with Gasteiger partial charge in [-0.2, -0.15) is 5.26 Å². The lowest BCUT2D eigenvalue weighted by atomic mass is 9.94. The van der Waals surface area contributed by atoms with Gasteiger partial charge >= 0.3 is 0 Å². The third-order valence-electron chi connectivity index (χ3n) is 3.85. The fourth-order valence-electron chi connectivity index (χ4n) is 2.58. The molecule has 1 aromatic rings. The second-order valence-corrected chi connectivity index (χ2v) is 5.31. The zero-order valence-electron chi connectivity index (χ0n) is 12.0. The van der Waals surface area contributed by atoms with E-state index in [4.69, 9.17) is 15.7 Å². The molecule has 4 nitrogen and oxygen atoms in total. The van der Waals surface area contributed by atoms with Crippen molar-refractivity contribution in [2.45, 2.75) is 25.9 Å². The van der Waals surface area contributed by atoms with E-state index in [0.29, 0.717) is 23.3 Å². The third-order valence-corrected chi connectivity index (χ3v) is 3.85. The number of rotatable bonds is 3. The van der Waals surface area contributed by atoms with Crippen LogP contribution in [0.1, 0.15) is 24.5 Å². The quantitative estimate of drug-likeness (QED) is 0.928. The Morgan fingerprint density at radius 2 is 2.25 bits per heavy atom. The van der Waals surface area contributed by atoms with Crippen molar-refractivity contribution in [2.24, 2.45) is 11.7 Å². The molecule has 110 valence electrons. The van der Waals surface area contributed by atoms with Crippen LogP contribution in [0.3, 0.4) is 0 Å². The molecule has 1 fully saturated rings. The molecule has 1 aromatic carbocycles. The Hall–Kier alpha value is -1.28. The van der Waals surface area contributed by atoms with E-state index in [0.717, 1.165) is 26.1 Å². The van der Waals surface area contributed by atoms with Crippen LogP contribution in [0.4, 0.5) is 0 Å². The summed E-state index contributed by atoms with van der Waals surface area (Å²) in [4.78, 5) is 2.41. The summed E-state index contributed by atoms with van der Waals surface area (Å²) < 4.78 is 5.24. The molecule has 5 heteroatoms. The zero-order chi connectivity index (χ0) is 13.8. The van der Waals surface area contributed by atoms with Crippen molar-refractivity contribution in [3.8, 4) is 11.8 Å². The van der Waals surface area contributed by atoms with Gasteiger partial charge in [0.2, 0.25) is 0 Å². The summed E-state index contributed by atoms with van der Waals surface area (Å²) >= 11 is 0. The number of piperidine rings is 1. The number of nitrogens with two attached hydrogens (primary N) is 1. The number of ether oxygens (including phenoxy) is 1. The van der Waals surface area contributed by atoms with Gasteiger partial charge in [-0.3, -0.25) is 4.90 Å². The topological polar surface area (TPSA) is 62.3 Å². The van der Waals surface area contributed by atoms with E-state index in [9.17, 15) is 0 Å². The highest BCUT2D eigenvalue weighted by atomic mass is 35.5. The molecule has 2 rings (SSSR count). The Labute approximate surface area is 126 Å². The van der Waals surface area contributed by atoms with Crippen LogP contribution in [0.2, 0.25) is 0 Å². The van der Waals surface area contributed by atoms with Crippen molar-refractivity contribution < 1.29 is 4.74 Å². The van der Waals surface area contributed by atoms with E-state index in [2.05, 4.69) is 17.9 Å². The summed E-state index contributed by atoms with van der Waals surface area (Å²) in [6, 6.07) is 8.24. The fourth-order valence-corrected chi connectivity index (χ4v) is 2.58. The third kappa shape index (κ3) is 3.86. The SMILES string of the molecule is COc1cc(CN2CCC(N)C(C)C2)ccc1C#N.Cl. The molecule has 1 heterocycles. The molecule has 0 aromatic heterocycles. The summed E-state index contributed by atoms with van der Waals surface area (Å²) in [5.41, 5.74) is 7.80. The Kier molecular flexibility index (Phi) is 6.28. The highest BCUT2D eigenvalue weighted by molar-refractivity contribution is 5.85. The minimum absolute atomic E-state index is 0. The van der Waals surface area contributed by atoms with Crippen molar-refractivity contribution in [3.05, 3.63) is 29.3 Å². The van der Waals surface area contributed by atoms with Gasteiger partial charge in [0.1, 0.15) is 11.8 Å². The van der Waals surface area contributed by atoms with Crippen molar-refractivity contribution in [1.82, 2.24) is 4.90 Å². The molecular weight excluding hydrogens is 274 g/mol. The van der Waals surface area contributed by atoms with E-state index in [1.165, 1.54) is 5.56 Å². The van der Waals surface area contributed by atoms with Crippen molar-refractivity contribution in [3.63, 3.8) is 0 Å². The van der Waals surface area contributed by atoms with Crippen LogP contribution in [-0.2, 0) is 6.54 Å². The lowest BCUT2D eigenvalue weighted by Gasteiger charge is -2.35. The number of nitrogens with zero attached hydrogens (tertiary/aromatic N) is 2. The Morgan fingerprint density at radius 3 is 2.85 bits per heavy atom. The van der Waals surface area contributed by atoms with Crippen LogP contribution in [0.25, 0.3) is 0 Å². The van der Waals surface area contributed by atoms with Gasteiger partial charge in [-0.15, -0.1) is 12.4 Å². The predicted molar refractivity (Wildman–Crippen MR) is 82.0 cm³/mol. The van der Waals surface area contributed by atoms with Gasteiger partial charge in [0, 0.05) is 19.1 Å². The van der Waals surface area contributed by atoms with Crippen LogP contribution in [0.15, 0.2) is 18.2 Å². The predicted octanol–water partition coefficient (Wildman–Crippen LogP) is 2.16. The fraction of sp³-hybridized carbons (Fsp3) is 0.533. The molecule has 2 N–H and O–H groups in total. The maximum absolute atomic E-state index is 8.97. The molecule has 2 unspecified atom stereocenters. The van der Waals surface area contributed by atoms with Crippen molar-refractivity contribution in [2.75, 3.05) is 20.2 Å². The molecule has 1 aliphatic rings. The van der Waals surface area contributed by atoms with E-state index < -0.39 is 0 Å². The maximum atomic E-state index is 8.97. The standard InChI is InChI=1S/C15H21N3O.ClH/c1-11-9-18(6-5-14(11)17)10-12-3-4-13(8-16)15(7-12)19-2;/h3-4,7,11,14H,5-6,9-10,17H2,1-2H3;1H. The Bertz CT molecular complexity index is 486. The summed E-state index contributed by atoms with van der Waals surface area (Å²) in [5, 5.41) is 8.97. The maximum Gasteiger partial charge on any atom is 0.136 e. The highest BCUT2D eigenvalue weighted by Crippen LogP contribution is 2.22. The van der Waals surface area contributed by atoms with Gasteiger partial charge in [0.15, 0.2) is 0 Å². The Balaban J connectivity index is 0.00000200. The van der Waals surface area contributed by atoms with Gasteiger partial charge in [-0.25, -0.2) is 0 Å². The summed E-state index contributed by atoms with van der Waals surface area (Å²) in [6.45, 7) is 5.16. The van der Waals surface area contributed by atoms with Crippen LogP contribution in [0, 0.1) is 17.2 Å². The molecular formula is C15H22ClN3O. The normalized spacial score (nSPS) is 22.7. The number of halogens is 1. The molecule has 2 atom stereocenters. The average molecular weight is 296 g/mol. The molecule has 1 saturated heterocycles. The first-order chi connectivity index (χ1) is 9.13. The first kappa shape index (κ1) is 16.8. The number of hydrogen-bond acceptors (Lipinski definition) is 4. The molecule has 0 aliphatic carbocycles. The van der Waals surface area contributed by atoms with Crippen LogP contribution in [0.5, 0.6) is 5.75 Å². The zero-order valence-corrected chi connectivity index (χ0v) is 12.8. The molecule has 0 spiro atoms. The van der Waals surface area contributed by atoms with Crippen molar-refractivity contribution >= 4 is 12.4 Å². The van der Waals surface area contributed by atoms with Gasteiger partial charge in [-0.05, 0) is 36.6 Å². The van der Waals surface area contributed by atoms with E-state index >= 15 is 0 Å². The number of likely N-dealkylation sites (tertiary alicyclic amines) is 1. The minimum Gasteiger partial charge on any atom is -0.495 e. The largest absolute Gasteiger partial charge is 0.495 e. The highest BCUT2D eigenvalue weighted by Gasteiger charge is 2.23. The van der Waals surface area contributed by atoms with Gasteiger partial charge < -0.3 is 10.5 Å². The van der Waals surface area contributed by atoms with Gasteiger partial charge in [-0.1, -0.05) is 13.0 Å². The van der Waals surface area contributed by atoms with Crippen LogP contribution >= 0.6 is 12.4 Å². The lowest BCUT2D eigenvalue weighted by molar-refractivity contribution is 0.157. The monoisotopic (exact) mass is 295 g/mol. The summed E-state index contributed by atoms with van der Waals surface area (Å²) in [7, 11) is 1.60.